The molecule has 0 radical (unpaired) electrons. The van der Waals surface area contributed by atoms with Crippen molar-refractivity contribution in [1.82, 2.24) is 10.3 Å². The quantitative estimate of drug-likeness (QED) is 0.778. The summed E-state index contributed by atoms with van der Waals surface area (Å²) in [5.74, 6) is -0.224. The van der Waals surface area contributed by atoms with Gasteiger partial charge in [-0.15, -0.1) is 11.3 Å². The zero-order valence-electron chi connectivity index (χ0n) is 11.7. The van der Waals surface area contributed by atoms with E-state index in [4.69, 9.17) is 0 Å². The third-order valence-corrected chi connectivity index (χ3v) is 4.22. The number of amides is 1. The normalized spacial score (nSPS) is 11.8. The van der Waals surface area contributed by atoms with Gasteiger partial charge in [0.15, 0.2) is 0 Å². The Bertz CT molecular complexity index is 790. The Morgan fingerprint density at radius 2 is 1.86 bits per heavy atom. The highest BCUT2D eigenvalue weighted by molar-refractivity contribution is 7.10. The number of hydrogen-bond donors (Lipinski definition) is 2. The average molecular weight is 310 g/mol. The van der Waals surface area contributed by atoms with Gasteiger partial charge in [0, 0.05) is 17.1 Å². The largest absolute Gasteiger partial charge is 0.340 e. The van der Waals surface area contributed by atoms with Gasteiger partial charge >= 0.3 is 0 Å². The number of benzene rings is 1. The van der Waals surface area contributed by atoms with Crippen LogP contribution in [0.3, 0.4) is 0 Å². The predicted molar refractivity (Wildman–Crippen MR) is 87.1 cm³/mol. The van der Waals surface area contributed by atoms with Gasteiger partial charge in [0.2, 0.25) is 5.56 Å². The van der Waals surface area contributed by atoms with Crippen LogP contribution in [0.4, 0.5) is 0 Å². The first-order valence-corrected chi connectivity index (χ1v) is 7.70. The van der Waals surface area contributed by atoms with Crippen LogP contribution in [0, 0.1) is 0 Å². The Balaban J connectivity index is 1.89. The van der Waals surface area contributed by atoms with E-state index in [1.807, 2.05) is 47.8 Å². The van der Waals surface area contributed by atoms with Gasteiger partial charge in [-0.25, -0.2) is 0 Å². The summed E-state index contributed by atoms with van der Waals surface area (Å²) in [4.78, 5) is 27.1. The number of aromatic amines is 1. The number of hydrogen-bond acceptors (Lipinski definition) is 3. The number of nitrogens with one attached hydrogen (secondary N) is 2. The van der Waals surface area contributed by atoms with Crippen molar-refractivity contribution in [1.29, 1.82) is 0 Å². The van der Waals surface area contributed by atoms with E-state index in [1.54, 1.807) is 11.3 Å². The van der Waals surface area contributed by atoms with Crippen LogP contribution in [0.15, 0.2) is 71.0 Å². The molecule has 3 rings (SSSR count). The first-order valence-electron chi connectivity index (χ1n) is 6.82. The van der Waals surface area contributed by atoms with Crippen molar-refractivity contribution in [3.63, 3.8) is 0 Å². The Morgan fingerprint density at radius 1 is 1.05 bits per heavy atom. The second kappa shape index (κ2) is 6.41. The van der Waals surface area contributed by atoms with E-state index in [-0.39, 0.29) is 17.5 Å². The van der Waals surface area contributed by atoms with Gasteiger partial charge in [-0.2, -0.15) is 0 Å². The molecular formula is C17H14N2O2S. The van der Waals surface area contributed by atoms with E-state index in [0.29, 0.717) is 5.56 Å². The summed E-state index contributed by atoms with van der Waals surface area (Å²) in [7, 11) is 0. The molecule has 22 heavy (non-hydrogen) atoms. The fourth-order valence-corrected chi connectivity index (χ4v) is 2.99. The molecule has 3 aromatic rings. The number of pyridine rings is 1. The molecule has 0 bridgehead atoms. The molecule has 2 N–H and O–H groups in total. The molecule has 0 aliphatic rings. The van der Waals surface area contributed by atoms with Crippen LogP contribution in [0.5, 0.6) is 0 Å². The maximum absolute atomic E-state index is 12.4. The molecule has 0 aliphatic carbocycles. The van der Waals surface area contributed by atoms with Crippen LogP contribution in [-0.2, 0) is 0 Å². The van der Waals surface area contributed by atoms with E-state index in [2.05, 4.69) is 10.3 Å². The number of rotatable bonds is 4. The molecule has 1 amide bonds. The lowest BCUT2D eigenvalue weighted by molar-refractivity contribution is 0.0943. The maximum atomic E-state index is 12.4. The lowest BCUT2D eigenvalue weighted by Gasteiger charge is -2.18. The SMILES string of the molecule is O=C(N[C@@H](c1ccccc1)c1cccs1)c1ccc(=O)[nH]c1. The summed E-state index contributed by atoms with van der Waals surface area (Å²) < 4.78 is 0. The molecule has 0 saturated heterocycles. The molecule has 1 aromatic carbocycles. The van der Waals surface area contributed by atoms with E-state index >= 15 is 0 Å². The van der Waals surface area contributed by atoms with E-state index in [1.165, 1.54) is 18.3 Å². The van der Waals surface area contributed by atoms with Gasteiger partial charge in [-0.3, -0.25) is 9.59 Å². The molecule has 0 spiro atoms. The van der Waals surface area contributed by atoms with Gasteiger partial charge in [-0.1, -0.05) is 36.4 Å². The summed E-state index contributed by atoms with van der Waals surface area (Å²) in [6, 6.07) is 16.4. The summed E-state index contributed by atoms with van der Waals surface area (Å²) in [5.41, 5.74) is 1.22. The number of thiophene rings is 1. The zero-order chi connectivity index (χ0) is 15.4. The van der Waals surface area contributed by atoms with Crippen LogP contribution in [0.1, 0.15) is 26.8 Å². The van der Waals surface area contributed by atoms with Gasteiger partial charge in [0.1, 0.15) is 0 Å². The van der Waals surface area contributed by atoms with Crippen LogP contribution >= 0.6 is 11.3 Å². The predicted octanol–water partition coefficient (Wildman–Crippen LogP) is 2.96. The highest BCUT2D eigenvalue weighted by Gasteiger charge is 2.18. The standard InChI is InChI=1S/C17H14N2O2S/c20-15-9-8-13(11-18-15)17(21)19-16(14-7-4-10-22-14)12-5-2-1-3-6-12/h1-11,16H,(H,18,20)(H,19,21)/t16-/m0/s1. The van der Waals surface area contributed by atoms with Gasteiger partial charge in [0.05, 0.1) is 11.6 Å². The number of carbonyl (C=O) groups is 1. The molecule has 1 atom stereocenters. The number of H-pyrrole nitrogens is 1. The van der Waals surface area contributed by atoms with Crippen molar-refractivity contribution in [3.8, 4) is 0 Å². The van der Waals surface area contributed by atoms with Crippen LogP contribution in [-0.4, -0.2) is 10.9 Å². The highest BCUT2D eigenvalue weighted by Crippen LogP contribution is 2.26. The fraction of sp³-hybridized carbons (Fsp3) is 0.0588. The summed E-state index contributed by atoms with van der Waals surface area (Å²) >= 11 is 1.59. The minimum Gasteiger partial charge on any atom is -0.340 e. The molecule has 4 nitrogen and oxygen atoms in total. The third kappa shape index (κ3) is 3.15. The van der Waals surface area contributed by atoms with Crippen LogP contribution in [0.2, 0.25) is 0 Å². The lowest BCUT2D eigenvalue weighted by Crippen LogP contribution is -2.29. The van der Waals surface area contributed by atoms with Crippen LogP contribution in [0.25, 0.3) is 0 Å². The van der Waals surface area contributed by atoms with Crippen molar-refractivity contribution in [2.75, 3.05) is 0 Å². The van der Waals surface area contributed by atoms with Crippen molar-refractivity contribution < 1.29 is 4.79 Å². The molecule has 0 unspecified atom stereocenters. The van der Waals surface area contributed by atoms with Crippen molar-refractivity contribution in [3.05, 3.63) is 92.5 Å². The molecule has 2 heterocycles. The van der Waals surface area contributed by atoms with E-state index < -0.39 is 0 Å². The van der Waals surface area contributed by atoms with Gasteiger partial charge in [-0.05, 0) is 23.1 Å². The monoisotopic (exact) mass is 310 g/mol. The Hall–Kier alpha value is -2.66. The number of aromatic nitrogens is 1. The molecule has 5 heteroatoms. The second-order valence-electron chi connectivity index (χ2n) is 4.77. The molecule has 0 saturated carbocycles. The molecule has 110 valence electrons. The first kappa shape index (κ1) is 14.3. The maximum Gasteiger partial charge on any atom is 0.253 e. The van der Waals surface area contributed by atoms with Gasteiger partial charge < -0.3 is 10.3 Å². The zero-order valence-corrected chi connectivity index (χ0v) is 12.5. The average Bonchev–Trinajstić information content (AvgIpc) is 3.08. The lowest BCUT2D eigenvalue weighted by atomic mass is 10.0. The number of carbonyl (C=O) groups excluding carboxylic acids is 1. The molecular weight excluding hydrogens is 296 g/mol. The Labute approximate surface area is 131 Å². The van der Waals surface area contributed by atoms with Gasteiger partial charge in [0.25, 0.3) is 5.91 Å². The van der Waals surface area contributed by atoms with E-state index in [0.717, 1.165) is 10.4 Å². The fourth-order valence-electron chi connectivity index (χ4n) is 2.19. The summed E-state index contributed by atoms with van der Waals surface area (Å²) in [5, 5.41) is 5.00. The minimum absolute atomic E-state index is 0.208. The molecule has 2 aromatic heterocycles. The topological polar surface area (TPSA) is 62.0 Å². The Morgan fingerprint density at radius 3 is 2.50 bits per heavy atom. The smallest absolute Gasteiger partial charge is 0.253 e. The Kier molecular flexibility index (Phi) is 4.16. The van der Waals surface area contributed by atoms with Crippen molar-refractivity contribution >= 4 is 17.2 Å². The minimum atomic E-state index is -0.227. The first-order chi connectivity index (χ1) is 10.7. The molecule has 0 fully saturated rings. The summed E-state index contributed by atoms with van der Waals surface area (Å²) in [6.45, 7) is 0. The van der Waals surface area contributed by atoms with Crippen LogP contribution < -0.4 is 10.9 Å². The van der Waals surface area contributed by atoms with Crippen molar-refractivity contribution in [2.24, 2.45) is 0 Å². The van der Waals surface area contributed by atoms with Crippen molar-refractivity contribution in [2.45, 2.75) is 6.04 Å². The highest BCUT2D eigenvalue weighted by atomic mass is 32.1. The summed E-state index contributed by atoms with van der Waals surface area (Å²) in [6.07, 6.45) is 1.42. The third-order valence-electron chi connectivity index (χ3n) is 3.28. The second-order valence-corrected chi connectivity index (χ2v) is 5.75. The molecule has 0 aliphatic heterocycles. The van der Waals surface area contributed by atoms with E-state index in [9.17, 15) is 9.59 Å².